The minimum Gasteiger partial charge on any atom is -0.456 e. The van der Waals surface area contributed by atoms with Gasteiger partial charge in [0.05, 0.1) is 28.5 Å². The fourth-order valence-corrected chi connectivity index (χ4v) is 3.46. The Morgan fingerprint density at radius 1 is 0.844 bits per heavy atom. The van der Waals surface area contributed by atoms with Crippen LogP contribution in [0.1, 0.15) is 21.6 Å². The summed E-state index contributed by atoms with van der Waals surface area (Å²) in [4.78, 5) is 23.5. The van der Waals surface area contributed by atoms with Gasteiger partial charge in [-0.1, -0.05) is 35.3 Å². The fraction of sp³-hybridized carbons (Fsp3) is 0.0800. The van der Waals surface area contributed by atoms with E-state index in [1.165, 1.54) is 0 Å². The van der Waals surface area contributed by atoms with Crippen molar-refractivity contribution in [2.45, 2.75) is 13.1 Å². The van der Waals surface area contributed by atoms with Crippen molar-refractivity contribution in [2.24, 2.45) is 0 Å². The predicted molar refractivity (Wildman–Crippen MR) is 125 cm³/mol. The van der Waals surface area contributed by atoms with Gasteiger partial charge in [0.25, 0.3) is 5.91 Å². The second kappa shape index (κ2) is 10.3. The molecule has 0 bridgehead atoms. The third kappa shape index (κ3) is 5.63. The topological polar surface area (TPSA) is 55.3 Å². The molecule has 0 aliphatic rings. The summed E-state index contributed by atoms with van der Waals surface area (Å²) in [7, 11) is 0. The van der Waals surface area contributed by atoms with E-state index in [2.05, 4.69) is 9.97 Å². The lowest BCUT2D eigenvalue weighted by atomic mass is 10.1. The Kier molecular flexibility index (Phi) is 7.00. The highest BCUT2D eigenvalue weighted by Gasteiger charge is 2.18. The van der Waals surface area contributed by atoms with E-state index in [4.69, 9.17) is 27.9 Å². The van der Waals surface area contributed by atoms with Crippen LogP contribution in [-0.4, -0.2) is 20.8 Å². The molecule has 0 saturated carbocycles. The fourth-order valence-electron chi connectivity index (χ4n) is 3.14. The average molecular weight is 464 g/mol. The Bertz CT molecular complexity index is 1190. The van der Waals surface area contributed by atoms with Crippen LogP contribution in [-0.2, 0) is 13.1 Å². The maximum absolute atomic E-state index is 13.4. The van der Waals surface area contributed by atoms with Crippen molar-refractivity contribution in [3.05, 3.63) is 118 Å². The van der Waals surface area contributed by atoms with Gasteiger partial charge in [-0.15, -0.1) is 0 Å². The van der Waals surface area contributed by atoms with Crippen molar-refractivity contribution in [3.63, 3.8) is 0 Å². The van der Waals surface area contributed by atoms with Gasteiger partial charge >= 0.3 is 0 Å². The van der Waals surface area contributed by atoms with Crippen LogP contribution in [0.4, 0.5) is 0 Å². The molecule has 0 radical (unpaired) electrons. The van der Waals surface area contributed by atoms with Gasteiger partial charge in [-0.25, -0.2) is 0 Å². The number of benzene rings is 2. The number of ether oxygens (including phenoxy) is 1. The van der Waals surface area contributed by atoms with E-state index in [-0.39, 0.29) is 5.91 Å². The lowest BCUT2D eigenvalue weighted by Gasteiger charge is -2.23. The molecule has 32 heavy (non-hydrogen) atoms. The second-order valence-corrected chi connectivity index (χ2v) is 7.86. The smallest absolute Gasteiger partial charge is 0.254 e. The number of rotatable bonds is 7. The first-order valence-corrected chi connectivity index (χ1v) is 10.6. The molecule has 4 rings (SSSR count). The van der Waals surface area contributed by atoms with Crippen molar-refractivity contribution in [2.75, 3.05) is 0 Å². The van der Waals surface area contributed by atoms with Gasteiger partial charge in [0.15, 0.2) is 0 Å². The largest absolute Gasteiger partial charge is 0.456 e. The molecule has 0 spiro atoms. The molecule has 0 fully saturated rings. The van der Waals surface area contributed by atoms with E-state index < -0.39 is 0 Å². The zero-order valence-corrected chi connectivity index (χ0v) is 18.5. The molecule has 0 unspecified atom stereocenters. The molecule has 0 saturated heterocycles. The lowest BCUT2D eigenvalue weighted by Crippen LogP contribution is -2.30. The SMILES string of the molecule is O=C(c1ccc(Oc2cccnc2)cc1)N(Cc1ccc(Cl)c(Cl)c1)Cc1ccccn1. The standard InChI is InChI=1S/C25H19Cl2N3O2/c26-23-11-6-18(14-24(23)27)16-30(17-20-4-1-2-13-29-20)25(31)19-7-9-21(10-8-19)32-22-5-3-12-28-15-22/h1-15H,16-17H2. The van der Waals surface area contributed by atoms with Crippen LogP contribution >= 0.6 is 23.2 Å². The highest BCUT2D eigenvalue weighted by atomic mass is 35.5. The molecule has 160 valence electrons. The van der Waals surface area contributed by atoms with Crippen LogP contribution in [0.2, 0.25) is 10.0 Å². The Hall–Kier alpha value is -3.41. The Morgan fingerprint density at radius 2 is 1.69 bits per heavy atom. The molecule has 5 nitrogen and oxygen atoms in total. The summed E-state index contributed by atoms with van der Waals surface area (Å²) in [5.74, 6) is 1.12. The van der Waals surface area contributed by atoms with E-state index in [0.717, 1.165) is 11.3 Å². The zero-order valence-electron chi connectivity index (χ0n) is 17.0. The maximum atomic E-state index is 13.4. The van der Waals surface area contributed by atoms with Gasteiger partial charge in [0.2, 0.25) is 0 Å². The number of hydrogen-bond donors (Lipinski definition) is 0. The number of hydrogen-bond acceptors (Lipinski definition) is 4. The molecule has 7 heteroatoms. The van der Waals surface area contributed by atoms with E-state index >= 15 is 0 Å². The molecule has 0 aliphatic heterocycles. The quantitative estimate of drug-likeness (QED) is 0.317. The summed E-state index contributed by atoms with van der Waals surface area (Å²) in [6.07, 6.45) is 5.02. The molecule has 4 aromatic rings. The van der Waals surface area contributed by atoms with Gasteiger partial charge in [-0.2, -0.15) is 0 Å². The number of nitrogens with zero attached hydrogens (tertiary/aromatic N) is 3. The highest BCUT2D eigenvalue weighted by Crippen LogP contribution is 2.25. The van der Waals surface area contributed by atoms with Gasteiger partial charge in [-0.3, -0.25) is 14.8 Å². The molecule has 0 aliphatic carbocycles. The number of carbonyl (C=O) groups is 1. The summed E-state index contributed by atoms with van der Waals surface area (Å²) in [5.41, 5.74) is 2.21. The lowest BCUT2D eigenvalue weighted by molar-refractivity contribution is 0.0728. The molecule has 2 aromatic carbocycles. The molecule has 2 heterocycles. The van der Waals surface area contributed by atoms with Crippen molar-refractivity contribution < 1.29 is 9.53 Å². The molecule has 2 aromatic heterocycles. The number of pyridine rings is 2. The molecule has 0 N–H and O–H groups in total. The molecule has 1 amide bonds. The van der Waals surface area contributed by atoms with Gasteiger partial charge in [0.1, 0.15) is 11.5 Å². The Balaban J connectivity index is 1.55. The number of halogens is 2. The predicted octanol–water partition coefficient (Wildman–Crippen LogP) is 6.42. The molecule has 0 atom stereocenters. The summed E-state index contributed by atoms with van der Waals surface area (Å²) < 4.78 is 5.76. The highest BCUT2D eigenvalue weighted by molar-refractivity contribution is 6.42. The number of amides is 1. The first kappa shape index (κ1) is 21.8. The van der Waals surface area contributed by atoms with E-state index in [1.54, 1.807) is 66.0 Å². The molecular weight excluding hydrogens is 445 g/mol. The van der Waals surface area contributed by atoms with Gasteiger partial charge in [0, 0.05) is 24.5 Å². The van der Waals surface area contributed by atoms with Crippen LogP contribution in [0.25, 0.3) is 0 Å². The first-order valence-electron chi connectivity index (χ1n) is 9.89. The molecular formula is C25H19Cl2N3O2. The van der Waals surface area contributed by atoms with Gasteiger partial charge < -0.3 is 9.64 Å². The summed E-state index contributed by atoms with van der Waals surface area (Å²) in [5, 5.41) is 0.925. The normalized spacial score (nSPS) is 10.6. The van der Waals surface area contributed by atoms with Crippen molar-refractivity contribution >= 4 is 29.1 Å². The van der Waals surface area contributed by atoms with Gasteiger partial charge in [-0.05, 0) is 66.2 Å². The van der Waals surface area contributed by atoms with E-state index in [9.17, 15) is 4.79 Å². The zero-order chi connectivity index (χ0) is 22.3. The minimum atomic E-state index is -0.130. The van der Waals surface area contributed by atoms with Crippen LogP contribution in [0.15, 0.2) is 91.4 Å². The average Bonchev–Trinajstić information content (AvgIpc) is 2.82. The summed E-state index contributed by atoms with van der Waals surface area (Å²) >= 11 is 12.2. The van der Waals surface area contributed by atoms with Crippen LogP contribution < -0.4 is 4.74 Å². The number of aromatic nitrogens is 2. The van der Waals surface area contributed by atoms with Crippen molar-refractivity contribution in [1.29, 1.82) is 0 Å². The van der Waals surface area contributed by atoms with E-state index in [1.807, 2.05) is 30.3 Å². The Morgan fingerprint density at radius 3 is 2.38 bits per heavy atom. The van der Waals surface area contributed by atoms with Crippen LogP contribution in [0.5, 0.6) is 11.5 Å². The summed E-state index contributed by atoms with van der Waals surface area (Å²) in [6.45, 7) is 0.716. The van der Waals surface area contributed by atoms with Crippen molar-refractivity contribution in [3.8, 4) is 11.5 Å². The van der Waals surface area contributed by atoms with Crippen LogP contribution in [0, 0.1) is 0 Å². The Labute approximate surface area is 196 Å². The second-order valence-electron chi connectivity index (χ2n) is 7.05. The minimum absolute atomic E-state index is 0.130. The third-order valence-electron chi connectivity index (χ3n) is 4.70. The van der Waals surface area contributed by atoms with E-state index in [0.29, 0.717) is 40.2 Å². The van der Waals surface area contributed by atoms with Crippen molar-refractivity contribution in [1.82, 2.24) is 14.9 Å². The monoisotopic (exact) mass is 463 g/mol. The maximum Gasteiger partial charge on any atom is 0.254 e. The van der Waals surface area contributed by atoms with Crippen LogP contribution in [0.3, 0.4) is 0 Å². The third-order valence-corrected chi connectivity index (χ3v) is 5.43. The first-order chi connectivity index (χ1) is 15.6. The number of carbonyl (C=O) groups excluding carboxylic acids is 1. The summed E-state index contributed by atoms with van der Waals surface area (Å²) in [6, 6.07) is 21.6.